The molecule has 0 saturated heterocycles. The van der Waals surface area contributed by atoms with Crippen molar-refractivity contribution in [2.24, 2.45) is 0 Å². The summed E-state index contributed by atoms with van der Waals surface area (Å²) in [5.41, 5.74) is 4.58. The molecule has 0 radical (unpaired) electrons. The first-order valence-corrected chi connectivity index (χ1v) is 9.61. The minimum Gasteiger partial charge on any atom is -0.351 e. The number of carbonyl (C=O) groups is 1. The van der Waals surface area contributed by atoms with Gasteiger partial charge in [-0.1, -0.05) is 31.5 Å². The lowest BCUT2D eigenvalue weighted by Crippen LogP contribution is -2.26. The van der Waals surface area contributed by atoms with Crippen LogP contribution < -0.4 is 5.32 Å². The number of carbonyl (C=O) groups excluding carboxylic acids is 1. The maximum Gasteiger partial charge on any atom is 0.271 e. The van der Waals surface area contributed by atoms with E-state index in [2.05, 4.69) is 17.3 Å². The zero-order valence-corrected chi connectivity index (χ0v) is 16.8. The van der Waals surface area contributed by atoms with Crippen LogP contribution in [0.5, 0.6) is 0 Å². The molecule has 3 aromatic rings. The lowest BCUT2D eigenvalue weighted by atomic mass is 10.0. The molecule has 29 heavy (non-hydrogen) atoms. The molecule has 1 aromatic heterocycles. The molecular formula is C22H24N4O3. The molecule has 0 bridgehead atoms. The number of nitrogens with zero attached hydrogens (tertiary/aromatic N) is 3. The molecule has 0 aliphatic carbocycles. The van der Waals surface area contributed by atoms with Gasteiger partial charge >= 0.3 is 0 Å². The number of aryl methyl sites for hydroxylation is 2. The van der Waals surface area contributed by atoms with Crippen molar-refractivity contribution in [1.29, 1.82) is 0 Å². The van der Waals surface area contributed by atoms with Crippen molar-refractivity contribution in [1.82, 2.24) is 15.1 Å². The molecule has 7 nitrogen and oxygen atoms in total. The second-order valence-corrected chi connectivity index (χ2v) is 7.01. The van der Waals surface area contributed by atoms with Gasteiger partial charge in [0.15, 0.2) is 0 Å². The van der Waals surface area contributed by atoms with Crippen LogP contribution in [0.3, 0.4) is 0 Å². The molecule has 0 aliphatic rings. The fourth-order valence-electron chi connectivity index (χ4n) is 2.99. The van der Waals surface area contributed by atoms with E-state index >= 15 is 0 Å². The van der Waals surface area contributed by atoms with Gasteiger partial charge in [-0.15, -0.1) is 0 Å². The summed E-state index contributed by atoms with van der Waals surface area (Å²) in [5.74, 6) is -0.257. The number of hydrogen-bond acceptors (Lipinski definition) is 4. The van der Waals surface area contributed by atoms with Crippen LogP contribution >= 0.6 is 0 Å². The van der Waals surface area contributed by atoms with Gasteiger partial charge in [0, 0.05) is 24.2 Å². The molecule has 0 atom stereocenters. The highest BCUT2D eigenvalue weighted by molar-refractivity contribution is 5.94. The number of non-ortho nitro benzene ring substituents is 1. The monoisotopic (exact) mass is 392 g/mol. The molecule has 0 saturated carbocycles. The third-order valence-electron chi connectivity index (χ3n) is 4.85. The SMILES string of the molecule is CCCCNC(=O)c1cc(-c2ccc(C)c(C)c2)nn1-c1cccc([N+](=O)[O-])c1. The molecule has 1 heterocycles. The smallest absolute Gasteiger partial charge is 0.271 e. The first-order valence-electron chi connectivity index (χ1n) is 9.61. The molecule has 150 valence electrons. The topological polar surface area (TPSA) is 90.1 Å². The third-order valence-corrected chi connectivity index (χ3v) is 4.85. The number of nitrogens with one attached hydrogen (secondary N) is 1. The lowest BCUT2D eigenvalue weighted by Gasteiger charge is -2.08. The summed E-state index contributed by atoms with van der Waals surface area (Å²) >= 11 is 0. The molecular weight excluding hydrogens is 368 g/mol. The van der Waals surface area contributed by atoms with Crippen LogP contribution in [0.15, 0.2) is 48.5 Å². The highest BCUT2D eigenvalue weighted by atomic mass is 16.6. The second-order valence-electron chi connectivity index (χ2n) is 7.01. The number of nitro groups is 1. The number of aromatic nitrogens is 2. The quantitative estimate of drug-likeness (QED) is 0.362. The van der Waals surface area contributed by atoms with Crippen LogP contribution in [0.2, 0.25) is 0 Å². The lowest BCUT2D eigenvalue weighted by molar-refractivity contribution is -0.384. The van der Waals surface area contributed by atoms with Gasteiger partial charge < -0.3 is 5.32 Å². The van der Waals surface area contributed by atoms with E-state index in [1.165, 1.54) is 22.4 Å². The summed E-state index contributed by atoms with van der Waals surface area (Å²) < 4.78 is 1.47. The van der Waals surface area contributed by atoms with Gasteiger partial charge in [-0.05, 0) is 49.6 Å². The molecule has 0 fully saturated rings. The molecule has 0 unspecified atom stereocenters. The molecule has 0 aliphatic heterocycles. The van der Waals surface area contributed by atoms with Gasteiger partial charge in [-0.3, -0.25) is 14.9 Å². The van der Waals surface area contributed by atoms with Crippen molar-refractivity contribution in [3.63, 3.8) is 0 Å². The summed E-state index contributed by atoms with van der Waals surface area (Å²) in [6.45, 7) is 6.67. The van der Waals surface area contributed by atoms with E-state index in [1.807, 2.05) is 32.0 Å². The van der Waals surface area contributed by atoms with Crippen LogP contribution in [0.25, 0.3) is 16.9 Å². The van der Waals surface area contributed by atoms with Gasteiger partial charge in [0.25, 0.3) is 11.6 Å². The number of amides is 1. The van der Waals surface area contributed by atoms with E-state index in [4.69, 9.17) is 0 Å². The maximum atomic E-state index is 12.8. The first-order chi connectivity index (χ1) is 13.9. The summed E-state index contributed by atoms with van der Waals surface area (Å²) in [4.78, 5) is 23.5. The van der Waals surface area contributed by atoms with Gasteiger partial charge in [0.1, 0.15) is 5.69 Å². The maximum absolute atomic E-state index is 12.8. The normalized spacial score (nSPS) is 10.7. The van der Waals surface area contributed by atoms with E-state index in [0.29, 0.717) is 23.6 Å². The van der Waals surface area contributed by atoms with E-state index in [0.717, 1.165) is 24.0 Å². The standard InChI is InChI=1S/C22H24N4O3/c1-4-5-11-23-22(27)21-14-20(17-10-9-15(2)16(3)12-17)24-25(21)18-7-6-8-19(13-18)26(28)29/h6-10,12-14H,4-5,11H2,1-3H3,(H,23,27). The second kappa shape index (κ2) is 8.68. The summed E-state index contributed by atoms with van der Waals surface area (Å²) in [7, 11) is 0. The van der Waals surface area contributed by atoms with Gasteiger partial charge in [-0.25, -0.2) is 4.68 Å². The van der Waals surface area contributed by atoms with E-state index < -0.39 is 4.92 Å². The first kappa shape index (κ1) is 20.3. The Labute approximate surface area is 169 Å². The Balaban J connectivity index is 2.08. The predicted molar refractivity (Wildman–Crippen MR) is 112 cm³/mol. The van der Waals surface area contributed by atoms with Crippen molar-refractivity contribution in [3.05, 3.63) is 75.5 Å². The Morgan fingerprint density at radius 1 is 1.14 bits per heavy atom. The number of hydrogen-bond donors (Lipinski definition) is 1. The minimum atomic E-state index is -0.460. The Morgan fingerprint density at radius 3 is 2.62 bits per heavy atom. The highest BCUT2D eigenvalue weighted by Crippen LogP contribution is 2.25. The molecule has 2 aromatic carbocycles. The molecule has 1 amide bonds. The van der Waals surface area contributed by atoms with Crippen molar-refractivity contribution < 1.29 is 9.72 Å². The molecule has 0 spiro atoms. The minimum absolute atomic E-state index is 0.0527. The van der Waals surface area contributed by atoms with E-state index in [1.54, 1.807) is 18.2 Å². The zero-order chi connectivity index (χ0) is 21.0. The Morgan fingerprint density at radius 2 is 1.93 bits per heavy atom. The van der Waals surface area contributed by atoms with Crippen LogP contribution in [0.1, 0.15) is 41.4 Å². The third kappa shape index (κ3) is 4.51. The van der Waals surface area contributed by atoms with Crippen molar-refractivity contribution in [2.75, 3.05) is 6.54 Å². The summed E-state index contributed by atoms with van der Waals surface area (Å²) in [5, 5.41) is 18.7. The average molecular weight is 392 g/mol. The predicted octanol–water partition coefficient (Wildman–Crippen LogP) is 4.59. The molecule has 3 rings (SSSR count). The average Bonchev–Trinajstić information content (AvgIpc) is 3.16. The van der Waals surface area contributed by atoms with Gasteiger partial charge in [-0.2, -0.15) is 5.10 Å². The fraction of sp³-hybridized carbons (Fsp3) is 0.273. The van der Waals surface area contributed by atoms with E-state index in [9.17, 15) is 14.9 Å². The van der Waals surface area contributed by atoms with Crippen LogP contribution in [0, 0.1) is 24.0 Å². The van der Waals surface area contributed by atoms with Crippen molar-refractivity contribution in [2.45, 2.75) is 33.6 Å². The Hall–Kier alpha value is -3.48. The Kier molecular flexibility index (Phi) is 6.07. The highest BCUT2D eigenvalue weighted by Gasteiger charge is 2.19. The summed E-state index contributed by atoms with van der Waals surface area (Å²) in [6, 6.07) is 13.8. The Bertz CT molecular complexity index is 1060. The number of rotatable bonds is 7. The van der Waals surface area contributed by atoms with Crippen LogP contribution in [-0.2, 0) is 0 Å². The summed E-state index contributed by atoms with van der Waals surface area (Å²) in [6.07, 6.45) is 1.85. The number of unbranched alkanes of at least 4 members (excludes halogenated alkanes) is 1. The van der Waals surface area contributed by atoms with Crippen LogP contribution in [0.4, 0.5) is 5.69 Å². The van der Waals surface area contributed by atoms with Gasteiger partial charge in [0.2, 0.25) is 0 Å². The largest absolute Gasteiger partial charge is 0.351 e. The number of nitro benzene ring substituents is 1. The number of benzene rings is 2. The van der Waals surface area contributed by atoms with Gasteiger partial charge in [0.05, 0.1) is 16.3 Å². The fourth-order valence-corrected chi connectivity index (χ4v) is 2.99. The molecule has 7 heteroatoms. The van der Waals surface area contributed by atoms with Crippen molar-refractivity contribution in [3.8, 4) is 16.9 Å². The van der Waals surface area contributed by atoms with Crippen molar-refractivity contribution >= 4 is 11.6 Å². The molecule has 1 N–H and O–H groups in total. The zero-order valence-electron chi connectivity index (χ0n) is 16.8. The van der Waals surface area contributed by atoms with Crippen LogP contribution in [-0.4, -0.2) is 27.2 Å². The van der Waals surface area contributed by atoms with E-state index in [-0.39, 0.29) is 11.6 Å².